The second kappa shape index (κ2) is 5.51. The summed E-state index contributed by atoms with van der Waals surface area (Å²) in [5.74, 6) is 0. The van der Waals surface area contributed by atoms with Gasteiger partial charge in [0.15, 0.2) is 0 Å². The predicted molar refractivity (Wildman–Crippen MR) is 51.7 cm³/mol. The Morgan fingerprint density at radius 3 is 2.73 bits per heavy atom. The van der Waals surface area contributed by atoms with Gasteiger partial charge in [-0.1, -0.05) is 11.6 Å². The minimum Gasteiger partial charge on any atom is -0.370 e. The fourth-order valence-electron chi connectivity index (χ4n) is 1.68. The maximum atomic E-state index is 11.8. The van der Waals surface area contributed by atoms with Crippen LogP contribution in [0.4, 0.5) is 13.2 Å². The number of hydrogen-bond donors (Lipinski definition) is 1. The maximum Gasteiger partial charge on any atom is 0.411 e. The normalized spacial score (nSPS) is 19.1. The number of alkyl halides is 3. The first-order valence-electron chi connectivity index (χ1n) is 5.03. The molecule has 2 nitrogen and oxygen atoms in total. The monoisotopic (exact) mass is 223 g/mol. The highest BCUT2D eigenvalue weighted by atomic mass is 19.4. The predicted octanol–water partition coefficient (Wildman–Crippen LogP) is 2.26. The van der Waals surface area contributed by atoms with Crippen molar-refractivity contribution in [1.29, 1.82) is 0 Å². The first kappa shape index (κ1) is 12.5. The molecule has 0 bridgehead atoms. The van der Waals surface area contributed by atoms with Gasteiger partial charge in [-0.3, -0.25) is 0 Å². The summed E-state index contributed by atoms with van der Waals surface area (Å²) in [6, 6.07) is -0.0742. The highest BCUT2D eigenvalue weighted by Gasteiger charge is 2.28. The summed E-state index contributed by atoms with van der Waals surface area (Å²) < 4.78 is 40.1. The van der Waals surface area contributed by atoms with Gasteiger partial charge in [0.2, 0.25) is 0 Å². The number of likely N-dealkylation sites (N-methyl/N-ethyl adjacent to an activating group) is 1. The topological polar surface area (TPSA) is 21.3 Å². The molecule has 1 aliphatic rings. The lowest BCUT2D eigenvalue weighted by atomic mass is 10.1. The van der Waals surface area contributed by atoms with Gasteiger partial charge < -0.3 is 10.1 Å². The lowest BCUT2D eigenvalue weighted by Gasteiger charge is -2.18. The molecule has 0 amide bonds. The van der Waals surface area contributed by atoms with E-state index in [9.17, 15) is 13.2 Å². The molecule has 0 aliphatic heterocycles. The van der Waals surface area contributed by atoms with Gasteiger partial charge in [-0.2, -0.15) is 13.2 Å². The van der Waals surface area contributed by atoms with Crippen LogP contribution in [0.25, 0.3) is 0 Å². The molecule has 0 heterocycles. The molecule has 1 aliphatic carbocycles. The summed E-state index contributed by atoms with van der Waals surface area (Å²) in [7, 11) is 1.74. The van der Waals surface area contributed by atoms with Crippen molar-refractivity contribution in [3.63, 3.8) is 0 Å². The highest BCUT2D eigenvalue weighted by molar-refractivity contribution is 5.15. The fraction of sp³-hybridized carbons (Fsp3) is 0.800. The number of hydrogen-bond acceptors (Lipinski definition) is 2. The molecule has 0 spiro atoms. The van der Waals surface area contributed by atoms with Crippen LogP contribution in [-0.2, 0) is 4.74 Å². The van der Waals surface area contributed by atoms with E-state index in [0.29, 0.717) is 0 Å². The third-order valence-corrected chi connectivity index (χ3v) is 2.42. The maximum absolute atomic E-state index is 11.8. The molecule has 0 saturated carbocycles. The van der Waals surface area contributed by atoms with Gasteiger partial charge in [-0.25, -0.2) is 0 Å². The molecule has 0 aromatic carbocycles. The molecule has 0 saturated heterocycles. The van der Waals surface area contributed by atoms with Crippen molar-refractivity contribution >= 4 is 0 Å². The largest absolute Gasteiger partial charge is 0.411 e. The zero-order valence-electron chi connectivity index (χ0n) is 8.73. The summed E-state index contributed by atoms with van der Waals surface area (Å²) in [4.78, 5) is 0. The Balaban J connectivity index is 2.28. The molecule has 0 aromatic rings. The first-order valence-corrected chi connectivity index (χ1v) is 5.03. The van der Waals surface area contributed by atoms with Crippen LogP contribution in [0.1, 0.15) is 19.3 Å². The van der Waals surface area contributed by atoms with Crippen molar-refractivity contribution in [2.24, 2.45) is 0 Å². The average Bonchev–Trinajstić information content (AvgIpc) is 2.63. The van der Waals surface area contributed by atoms with Gasteiger partial charge in [-0.15, -0.1) is 0 Å². The average molecular weight is 223 g/mol. The summed E-state index contributed by atoms with van der Waals surface area (Å²) in [6.45, 7) is -1.08. The Morgan fingerprint density at radius 1 is 1.53 bits per heavy atom. The Morgan fingerprint density at radius 2 is 2.27 bits per heavy atom. The van der Waals surface area contributed by atoms with Gasteiger partial charge in [0, 0.05) is 0 Å². The second-order valence-corrected chi connectivity index (χ2v) is 3.64. The quantitative estimate of drug-likeness (QED) is 0.722. The lowest BCUT2D eigenvalue weighted by molar-refractivity contribution is -0.174. The fourth-order valence-corrected chi connectivity index (χ4v) is 1.68. The van der Waals surface area contributed by atoms with E-state index in [4.69, 9.17) is 0 Å². The Labute approximate surface area is 87.5 Å². The van der Waals surface area contributed by atoms with Crippen LogP contribution in [0.3, 0.4) is 0 Å². The molecule has 1 atom stereocenters. The van der Waals surface area contributed by atoms with Crippen LogP contribution < -0.4 is 5.32 Å². The van der Waals surface area contributed by atoms with Crippen molar-refractivity contribution in [3.8, 4) is 0 Å². The van der Waals surface area contributed by atoms with E-state index in [1.165, 1.54) is 5.57 Å². The summed E-state index contributed by atoms with van der Waals surface area (Å²) in [5, 5.41) is 2.97. The van der Waals surface area contributed by atoms with Crippen molar-refractivity contribution < 1.29 is 17.9 Å². The van der Waals surface area contributed by atoms with Gasteiger partial charge in [0.1, 0.15) is 6.61 Å². The first-order chi connectivity index (χ1) is 7.03. The van der Waals surface area contributed by atoms with Crippen LogP contribution >= 0.6 is 0 Å². The van der Waals surface area contributed by atoms with Crippen LogP contribution in [0.2, 0.25) is 0 Å². The molecule has 1 unspecified atom stereocenters. The van der Waals surface area contributed by atoms with Gasteiger partial charge in [0.05, 0.1) is 12.6 Å². The Bertz CT molecular complexity index is 225. The third kappa shape index (κ3) is 4.66. The van der Waals surface area contributed by atoms with Crippen molar-refractivity contribution in [2.75, 3.05) is 20.3 Å². The van der Waals surface area contributed by atoms with Crippen molar-refractivity contribution in [2.45, 2.75) is 31.5 Å². The zero-order chi connectivity index (χ0) is 11.3. The number of allylic oxidation sites excluding steroid dienone is 1. The Kier molecular flexibility index (Phi) is 4.60. The molecule has 88 valence electrons. The molecular weight excluding hydrogens is 207 g/mol. The van der Waals surface area contributed by atoms with Crippen LogP contribution in [-0.4, -0.2) is 32.5 Å². The molecule has 0 fully saturated rings. The van der Waals surface area contributed by atoms with E-state index in [-0.39, 0.29) is 12.6 Å². The SMILES string of the molecule is CNC(COCC(F)(F)F)C1=CCCC1. The van der Waals surface area contributed by atoms with Gasteiger partial charge in [-0.05, 0) is 26.3 Å². The van der Waals surface area contributed by atoms with E-state index in [1.54, 1.807) is 7.05 Å². The number of rotatable bonds is 5. The minimum atomic E-state index is -4.23. The number of nitrogens with one attached hydrogen (secondary N) is 1. The Hall–Kier alpha value is -0.550. The van der Waals surface area contributed by atoms with Crippen LogP contribution in [0.15, 0.2) is 11.6 Å². The van der Waals surface area contributed by atoms with Crippen molar-refractivity contribution in [3.05, 3.63) is 11.6 Å². The van der Waals surface area contributed by atoms with Gasteiger partial charge >= 0.3 is 6.18 Å². The van der Waals surface area contributed by atoms with E-state index in [2.05, 4.69) is 16.1 Å². The molecule has 0 aromatic heterocycles. The number of halogens is 3. The lowest BCUT2D eigenvalue weighted by Crippen LogP contribution is -2.33. The van der Waals surface area contributed by atoms with Crippen LogP contribution in [0, 0.1) is 0 Å². The van der Waals surface area contributed by atoms with E-state index in [0.717, 1.165) is 19.3 Å². The smallest absolute Gasteiger partial charge is 0.370 e. The molecular formula is C10H16F3NO. The highest BCUT2D eigenvalue weighted by Crippen LogP contribution is 2.21. The summed E-state index contributed by atoms with van der Waals surface area (Å²) in [6.07, 6.45) is 0.918. The van der Waals surface area contributed by atoms with E-state index in [1.807, 2.05) is 0 Å². The van der Waals surface area contributed by atoms with E-state index >= 15 is 0 Å². The minimum absolute atomic E-state index is 0.0742. The summed E-state index contributed by atoms with van der Waals surface area (Å²) in [5.41, 5.74) is 1.17. The zero-order valence-corrected chi connectivity index (χ0v) is 8.73. The van der Waals surface area contributed by atoms with Gasteiger partial charge in [0.25, 0.3) is 0 Å². The number of ether oxygens (including phenoxy) is 1. The van der Waals surface area contributed by atoms with Crippen LogP contribution in [0.5, 0.6) is 0 Å². The molecule has 1 rings (SSSR count). The third-order valence-electron chi connectivity index (χ3n) is 2.42. The molecule has 5 heteroatoms. The molecule has 15 heavy (non-hydrogen) atoms. The molecule has 1 N–H and O–H groups in total. The van der Waals surface area contributed by atoms with Crippen molar-refractivity contribution in [1.82, 2.24) is 5.32 Å². The molecule has 0 radical (unpaired) electrons. The standard InChI is InChI=1S/C10H16F3NO/c1-14-9(8-4-2-3-5-8)6-15-7-10(11,12)13/h4,9,14H,2-3,5-7H2,1H3. The van der Waals surface area contributed by atoms with E-state index < -0.39 is 12.8 Å². The second-order valence-electron chi connectivity index (χ2n) is 3.64. The summed E-state index contributed by atoms with van der Waals surface area (Å²) >= 11 is 0.